The molecule has 17 heavy (non-hydrogen) atoms. The predicted octanol–water partition coefficient (Wildman–Crippen LogP) is 1.20. The minimum Gasteiger partial charge on any atom is -0.318 e. The van der Waals surface area contributed by atoms with Crippen molar-refractivity contribution >= 4 is 15.7 Å². The quantitative estimate of drug-likeness (QED) is 0.865. The average molecular weight is 260 g/mol. The Labute approximate surface area is 101 Å². The van der Waals surface area contributed by atoms with Crippen molar-refractivity contribution in [3.8, 4) is 0 Å². The van der Waals surface area contributed by atoms with Crippen LogP contribution >= 0.6 is 0 Å². The molecule has 0 aliphatic heterocycles. The Hall–Kier alpha value is -1.14. The highest BCUT2D eigenvalue weighted by Gasteiger charge is 2.25. The van der Waals surface area contributed by atoms with Crippen LogP contribution in [0.2, 0.25) is 0 Å². The van der Waals surface area contributed by atoms with Crippen LogP contribution in [0.1, 0.15) is 6.92 Å². The fraction of sp³-hybridized carbons (Fsp3) is 0.455. The normalized spacial score (nSPS) is 13.4. The van der Waals surface area contributed by atoms with Gasteiger partial charge in [-0.05, 0) is 38.2 Å². The summed E-state index contributed by atoms with van der Waals surface area (Å²) in [5.41, 5.74) is 0.453. The average Bonchev–Trinajstić information content (AvgIpc) is 2.29. The van der Waals surface area contributed by atoms with Gasteiger partial charge >= 0.3 is 0 Å². The molecule has 1 aromatic carbocycles. The Morgan fingerprint density at radius 3 is 2.35 bits per heavy atom. The van der Waals surface area contributed by atoms with Gasteiger partial charge in [-0.1, -0.05) is 0 Å². The van der Waals surface area contributed by atoms with Crippen molar-refractivity contribution in [3.05, 3.63) is 30.1 Å². The molecule has 0 saturated heterocycles. The number of rotatable bonds is 5. The van der Waals surface area contributed by atoms with Crippen LogP contribution in [0.4, 0.5) is 10.1 Å². The lowest BCUT2D eigenvalue weighted by molar-refractivity contribution is 0.576. The van der Waals surface area contributed by atoms with E-state index < -0.39 is 15.3 Å². The SMILES string of the molecule is CNCC(C)S(=O)(=O)N(C)c1ccc(F)cc1. The van der Waals surface area contributed by atoms with Crippen LogP contribution < -0.4 is 9.62 Å². The molecule has 1 rings (SSSR count). The Morgan fingerprint density at radius 2 is 1.88 bits per heavy atom. The zero-order valence-corrected chi connectivity index (χ0v) is 11.0. The van der Waals surface area contributed by atoms with Crippen molar-refractivity contribution in [3.63, 3.8) is 0 Å². The number of benzene rings is 1. The van der Waals surface area contributed by atoms with Crippen LogP contribution in [0.25, 0.3) is 0 Å². The van der Waals surface area contributed by atoms with Gasteiger partial charge in [0.1, 0.15) is 5.82 Å². The van der Waals surface area contributed by atoms with E-state index in [9.17, 15) is 12.8 Å². The lowest BCUT2D eigenvalue weighted by atomic mass is 10.3. The molecule has 0 bridgehead atoms. The number of nitrogens with zero attached hydrogens (tertiary/aromatic N) is 1. The topological polar surface area (TPSA) is 49.4 Å². The van der Waals surface area contributed by atoms with Gasteiger partial charge in [-0.3, -0.25) is 4.31 Å². The Bertz CT molecular complexity index is 459. The van der Waals surface area contributed by atoms with E-state index in [0.29, 0.717) is 12.2 Å². The van der Waals surface area contributed by atoms with E-state index in [1.807, 2.05) is 0 Å². The lowest BCUT2D eigenvalue weighted by Gasteiger charge is -2.23. The number of nitrogens with one attached hydrogen (secondary N) is 1. The molecular formula is C11H17FN2O2S. The highest BCUT2D eigenvalue weighted by molar-refractivity contribution is 7.93. The summed E-state index contributed by atoms with van der Waals surface area (Å²) in [6, 6.07) is 5.37. The van der Waals surface area contributed by atoms with Crippen LogP contribution in [0.5, 0.6) is 0 Å². The molecule has 6 heteroatoms. The van der Waals surface area contributed by atoms with Crippen molar-refractivity contribution in [1.29, 1.82) is 0 Å². The number of sulfonamides is 1. The standard InChI is InChI=1S/C11H17FN2O2S/c1-9(8-13-2)17(15,16)14(3)11-6-4-10(12)5-7-11/h4-7,9,13H,8H2,1-3H3. The highest BCUT2D eigenvalue weighted by Crippen LogP contribution is 2.18. The summed E-state index contributed by atoms with van der Waals surface area (Å²) in [7, 11) is -0.253. The third kappa shape index (κ3) is 3.17. The van der Waals surface area contributed by atoms with Crippen molar-refractivity contribution in [2.24, 2.45) is 0 Å². The van der Waals surface area contributed by atoms with Crippen molar-refractivity contribution in [1.82, 2.24) is 5.32 Å². The molecule has 1 aromatic rings. The second kappa shape index (κ2) is 5.46. The van der Waals surface area contributed by atoms with E-state index in [-0.39, 0.29) is 5.82 Å². The largest absolute Gasteiger partial charge is 0.318 e. The van der Waals surface area contributed by atoms with Crippen LogP contribution in [-0.2, 0) is 10.0 Å². The number of halogens is 1. The molecule has 0 saturated carbocycles. The molecule has 0 radical (unpaired) electrons. The van der Waals surface area contributed by atoms with Crippen molar-refractivity contribution in [2.75, 3.05) is 24.9 Å². The second-order valence-electron chi connectivity index (χ2n) is 3.86. The van der Waals surface area contributed by atoms with Crippen LogP contribution in [0.3, 0.4) is 0 Å². The zero-order chi connectivity index (χ0) is 13.1. The van der Waals surface area contributed by atoms with Gasteiger partial charge in [-0.15, -0.1) is 0 Å². The summed E-state index contributed by atoms with van der Waals surface area (Å²) in [6.45, 7) is 2.00. The predicted molar refractivity (Wildman–Crippen MR) is 67.1 cm³/mol. The van der Waals surface area contributed by atoms with Gasteiger partial charge in [0, 0.05) is 13.6 Å². The van der Waals surface area contributed by atoms with Gasteiger partial charge in [0.2, 0.25) is 10.0 Å². The molecule has 0 heterocycles. The van der Waals surface area contributed by atoms with Gasteiger partial charge in [-0.25, -0.2) is 12.8 Å². The lowest BCUT2D eigenvalue weighted by Crippen LogP contribution is -2.39. The summed E-state index contributed by atoms with van der Waals surface area (Å²) in [5, 5.41) is 2.28. The maximum atomic E-state index is 12.7. The fourth-order valence-electron chi connectivity index (χ4n) is 1.46. The molecule has 0 aromatic heterocycles. The summed E-state index contributed by atoms with van der Waals surface area (Å²) < 4.78 is 38.1. The van der Waals surface area contributed by atoms with Crippen LogP contribution in [-0.4, -0.2) is 34.3 Å². The molecule has 0 fully saturated rings. The Balaban J connectivity index is 2.96. The molecule has 0 aliphatic carbocycles. The van der Waals surface area contributed by atoms with E-state index >= 15 is 0 Å². The van der Waals surface area contributed by atoms with E-state index in [1.54, 1.807) is 14.0 Å². The van der Waals surface area contributed by atoms with Crippen LogP contribution in [0, 0.1) is 5.82 Å². The third-order valence-electron chi connectivity index (χ3n) is 2.57. The van der Waals surface area contributed by atoms with Gasteiger partial charge in [0.15, 0.2) is 0 Å². The number of hydrogen-bond donors (Lipinski definition) is 1. The maximum Gasteiger partial charge on any atom is 0.238 e. The van der Waals surface area contributed by atoms with Gasteiger partial charge in [0.05, 0.1) is 10.9 Å². The minimum atomic E-state index is -3.42. The summed E-state index contributed by atoms with van der Waals surface area (Å²) in [4.78, 5) is 0. The van der Waals surface area contributed by atoms with Gasteiger partial charge < -0.3 is 5.32 Å². The van der Waals surface area contributed by atoms with E-state index in [2.05, 4.69) is 5.32 Å². The van der Waals surface area contributed by atoms with Gasteiger partial charge in [0.25, 0.3) is 0 Å². The number of anilines is 1. The zero-order valence-electron chi connectivity index (χ0n) is 10.1. The molecule has 0 amide bonds. The first kappa shape index (κ1) is 13.9. The second-order valence-corrected chi connectivity index (χ2v) is 6.24. The molecule has 4 nitrogen and oxygen atoms in total. The van der Waals surface area contributed by atoms with Gasteiger partial charge in [-0.2, -0.15) is 0 Å². The number of hydrogen-bond acceptors (Lipinski definition) is 3. The molecule has 0 spiro atoms. The first-order valence-electron chi connectivity index (χ1n) is 5.27. The van der Waals surface area contributed by atoms with Crippen molar-refractivity contribution < 1.29 is 12.8 Å². The maximum absolute atomic E-state index is 12.7. The first-order valence-corrected chi connectivity index (χ1v) is 6.78. The molecular weight excluding hydrogens is 243 g/mol. The van der Waals surface area contributed by atoms with E-state index in [4.69, 9.17) is 0 Å². The smallest absolute Gasteiger partial charge is 0.238 e. The summed E-state index contributed by atoms with van der Waals surface area (Å²) in [5.74, 6) is -0.386. The monoisotopic (exact) mass is 260 g/mol. The molecule has 1 unspecified atom stereocenters. The first-order chi connectivity index (χ1) is 7.89. The fourth-order valence-corrected chi connectivity index (χ4v) is 2.79. The van der Waals surface area contributed by atoms with Crippen LogP contribution in [0.15, 0.2) is 24.3 Å². The Kier molecular flexibility index (Phi) is 4.47. The molecule has 1 N–H and O–H groups in total. The van der Waals surface area contributed by atoms with Crippen molar-refractivity contribution in [2.45, 2.75) is 12.2 Å². The van der Waals surface area contributed by atoms with E-state index in [1.165, 1.54) is 35.6 Å². The highest BCUT2D eigenvalue weighted by atomic mass is 32.2. The summed E-state index contributed by atoms with van der Waals surface area (Å²) >= 11 is 0. The molecule has 1 atom stereocenters. The molecule has 0 aliphatic rings. The summed E-state index contributed by atoms with van der Waals surface area (Å²) in [6.07, 6.45) is 0. The molecule has 96 valence electrons. The third-order valence-corrected chi connectivity index (χ3v) is 4.73. The minimum absolute atomic E-state index is 0.369. The Morgan fingerprint density at radius 1 is 1.35 bits per heavy atom. The van der Waals surface area contributed by atoms with E-state index in [0.717, 1.165) is 0 Å².